The minimum absolute atomic E-state index is 0.202. The maximum absolute atomic E-state index is 12.2. The van der Waals surface area contributed by atoms with Crippen LogP contribution in [0.2, 0.25) is 5.02 Å². The molecule has 0 bridgehead atoms. The fourth-order valence-electron chi connectivity index (χ4n) is 3.07. The second-order valence-corrected chi connectivity index (χ2v) is 6.09. The van der Waals surface area contributed by atoms with Gasteiger partial charge in [0.2, 0.25) is 0 Å². The van der Waals surface area contributed by atoms with Gasteiger partial charge in [-0.2, -0.15) is 0 Å². The van der Waals surface area contributed by atoms with E-state index in [0.29, 0.717) is 17.5 Å². The molecule has 2 rings (SSSR count). The van der Waals surface area contributed by atoms with Gasteiger partial charge in [-0.1, -0.05) is 43.5 Å². The number of rotatable bonds is 6. The number of carbonyl (C=O) groups is 1. The molecule has 1 heterocycles. The number of piperidine rings is 1. The molecule has 0 saturated carbocycles. The lowest BCUT2D eigenvalue weighted by molar-refractivity contribution is 0.0919. The first-order chi connectivity index (χ1) is 9.70. The molecule has 1 aliphatic rings. The highest BCUT2D eigenvalue weighted by Crippen LogP contribution is 2.21. The second-order valence-electron chi connectivity index (χ2n) is 5.66. The average Bonchev–Trinajstić information content (AvgIpc) is 2.46. The number of halogens is 1. The summed E-state index contributed by atoms with van der Waals surface area (Å²) in [6.45, 7) is 4.27. The maximum Gasteiger partial charge on any atom is 0.164 e. The summed E-state index contributed by atoms with van der Waals surface area (Å²) < 4.78 is 0. The van der Waals surface area contributed by atoms with E-state index in [2.05, 4.69) is 11.8 Å². The summed E-state index contributed by atoms with van der Waals surface area (Å²) in [6, 6.07) is 7.95. The van der Waals surface area contributed by atoms with E-state index in [9.17, 15) is 4.79 Å². The van der Waals surface area contributed by atoms with Crippen LogP contribution < -0.4 is 0 Å². The Morgan fingerprint density at radius 1 is 1.40 bits per heavy atom. The number of Topliss-reactive ketones (excluding diaryl/α,β-unsaturated/α-hetero) is 1. The van der Waals surface area contributed by atoms with Gasteiger partial charge in [0.05, 0.1) is 0 Å². The SMILES string of the molecule is CCCC1CCCCN1CCC(=O)c1cccc(Cl)c1. The highest BCUT2D eigenvalue weighted by molar-refractivity contribution is 6.31. The maximum atomic E-state index is 12.2. The van der Waals surface area contributed by atoms with Gasteiger partial charge in [-0.25, -0.2) is 0 Å². The van der Waals surface area contributed by atoms with Crippen LogP contribution >= 0.6 is 11.6 Å². The van der Waals surface area contributed by atoms with Gasteiger partial charge in [-0.3, -0.25) is 9.69 Å². The number of ketones is 1. The Labute approximate surface area is 127 Å². The molecular formula is C17H24ClNO. The zero-order valence-corrected chi connectivity index (χ0v) is 13.0. The van der Waals surface area contributed by atoms with Crippen LogP contribution in [-0.2, 0) is 0 Å². The van der Waals surface area contributed by atoms with Crippen LogP contribution in [0.1, 0.15) is 55.8 Å². The molecule has 1 saturated heterocycles. The van der Waals surface area contributed by atoms with Gasteiger partial charge in [-0.05, 0) is 37.9 Å². The summed E-state index contributed by atoms with van der Waals surface area (Å²) >= 11 is 5.94. The van der Waals surface area contributed by atoms with E-state index >= 15 is 0 Å². The summed E-state index contributed by atoms with van der Waals surface area (Å²) in [7, 11) is 0. The average molecular weight is 294 g/mol. The molecule has 1 aromatic rings. The molecule has 1 atom stereocenters. The van der Waals surface area contributed by atoms with Crippen molar-refractivity contribution in [1.82, 2.24) is 4.90 Å². The fourth-order valence-corrected chi connectivity index (χ4v) is 3.26. The Morgan fingerprint density at radius 2 is 2.25 bits per heavy atom. The van der Waals surface area contributed by atoms with E-state index in [0.717, 1.165) is 18.7 Å². The molecule has 0 aliphatic carbocycles. The predicted molar refractivity (Wildman–Crippen MR) is 84.5 cm³/mol. The van der Waals surface area contributed by atoms with Crippen molar-refractivity contribution >= 4 is 17.4 Å². The van der Waals surface area contributed by atoms with Gasteiger partial charge < -0.3 is 0 Å². The first-order valence-electron chi connectivity index (χ1n) is 7.73. The third kappa shape index (κ3) is 4.32. The molecule has 110 valence electrons. The minimum Gasteiger partial charge on any atom is -0.300 e. The van der Waals surface area contributed by atoms with Crippen LogP contribution in [0.25, 0.3) is 0 Å². The number of benzene rings is 1. The molecule has 2 nitrogen and oxygen atoms in total. The van der Waals surface area contributed by atoms with E-state index in [1.165, 1.54) is 32.1 Å². The molecular weight excluding hydrogens is 270 g/mol. The van der Waals surface area contributed by atoms with Crippen molar-refractivity contribution in [3.8, 4) is 0 Å². The lowest BCUT2D eigenvalue weighted by Gasteiger charge is -2.35. The van der Waals surface area contributed by atoms with Gasteiger partial charge in [0.1, 0.15) is 0 Å². The highest BCUT2D eigenvalue weighted by atomic mass is 35.5. The van der Waals surface area contributed by atoms with Crippen molar-refractivity contribution in [2.75, 3.05) is 13.1 Å². The number of hydrogen-bond acceptors (Lipinski definition) is 2. The van der Waals surface area contributed by atoms with Gasteiger partial charge >= 0.3 is 0 Å². The zero-order chi connectivity index (χ0) is 14.4. The molecule has 1 fully saturated rings. The molecule has 0 radical (unpaired) electrons. The number of hydrogen-bond donors (Lipinski definition) is 0. The minimum atomic E-state index is 0.202. The van der Waals surface area contributed by atoms with Crippen molar-refractivity contribution in [2.24, 2.45) is 0 Å². The standard InChI is InChI=1S/C17H24ClNO/c1-2-6-16-9-3-4-11-19(16)12-10-17(20)14-7-5-8-15(18)13-14/h5,7-8,13,16H,2-4,6,9-12H2,1H3. The van der Waals surface area contributed by atoms with Crippen molar-refractivity contribution < 1.29 is 4.79 Å². The second kappa shape index (κ2) is 7.80. The first-order valence-corrected chi connectivity index (χ1v) is 8.11. The number of nitrogens with zero attached hydrogens (tertiary/aromatic N) is 1. The Morgan fingerprint density at radius 3 is 3.00 bits per heavy atom. The molecule has 0 amide bonds. The van der Waals surface area contributed by atoms with Crippen LogP contribution in [0.15, 0.2) is 24.3 Å². The fraction of sp³-hybridized carbons (Fsp3) is 0.588. The third-order valence-electron chi connectivity index (χ3n) is 4.14. The van der Waals surface area contributed by atoms with Crippen LogP contribution in [0.5, 0.6) is 0 Å². The van der Waals surface area contributed by atoms with Crippen LogP contribution in [0.4, 0.5) is 0 Å². The summed E-state index contributed by atoms with van der Waals surface area (Å²) in [4.78, 5) is 14.7. The normalized spacial score (nSPS) is 20.0. The number of likely N-dealkylation sites (tertiary alicyclic amines) is 1. The van der Waals surface area contributed by atoms with E-state index in [1.54, 1.807) is 12.1 Å². The van der Waals surface area contributed by atoms with Crippen molar-refractivity contribution in [3.63, 3.8) is 0 Å². The molecule has 1 unspecified atom stereocenters. The molecule has 0 aromatic heterocycles. The molecule has 0 spiro atoms. The summed E-state index contributed by atoms with van der Waals surface area (Å²) in [5, 5.41) is 0.637. The molecule has 1 aromatic carbocycles. The van der Waals surface area contributed by atoms with Crippen LogP contribution in [0, 0.1) is 0 Å². The Bertz CT molecular complexity index is 444. The Hall–Kier alpha value is -0.860. The largest absolute Gasteiger partial charge is 0.300 e. The van der Waals surface area contributed by atoms with E-state index < -0.39 is 0 Å². The lowest BCUT2D eigenvalue weighted by Crippen LogP contribution is -2.40. The van der Waals surface area contributed by atoms with Crippen molar-refractivity contribution in [1.29, 1.82) is 0 Å². The summed E-state index contributed by atoms with van der Waals surface area (Å²) in [5.41, 5.74) is 0.738. The Balaban J connectivity index is 1.88. The van der Waals surface area contributed by atoms with Crippen LogP contribution in [-0.4, -0.2) is 29.8 Å². The lowest BCUT2D eigenvalue weighted by atomic mass is 9.97. The van der Waals surface area contributed by atoms with Gasteiger partial charge in [0.25, 0.3) is 0 Å². The van der Waals surface area contributed by atoms with E-state index in [1.807, 2.05) is 12.1 Å². The Kier molecular flexibility index (Phi) is 6.06. The number of carbonyl (C=O) groups excluding carboxylic acids is 1. The summed E-state index contributed by atoms with van der Waals surface area (Å²) in [5.74, 6) is 0.202. The molecule has 3 heteroatoms. The topological polar surface area (TPSA) is 20.3 Å². The zero-order valence-electron chi connectivity index (χ0n) is 12.3. The van der Waals surface area contributed by atoms with Gasteiger partial charge in [0, 0.05) is 29.6 Å². The van der Waals surface area contributed by atoms with E-state index in [4.69, 9.17) is 11.6 Å². The van der Waals surface area contributed by atoms with Crippen molar-refractivity contribution in [2.45, 2.75) is 51.5 Å². The molecule has 20 heavy (non-hydrogen) atoms. The van der Waals surface area contributed by atoms with Gasteiger partial charge in [0.15, 0.2) is 5.78 Å². The molecule has 0 N–H and O–H groups in total. The highest BCUT2D eigenvalue weighted by Gasteiger charge is 2.22. The van der Waals surface area contributed by atoms with Crippen LogP contribution in [0.3, 0.4) is 0 Å². The van der Waals surface area contributed by atoms with Gasteiger partial charge in [-0.15, -0.1) is 0 Å². The predicted octanol–water partition coefficient (Wildman–Crippen LogP) is 4.57. The first kappa shape index (κ1) is 15.5. The monoisotopic (exact) mass is 293 g/mol. The third-order valence-corrected chi connectivity index (χ3v) is 4.38. The van der Waals surface area contributed by atoms with E-state index in [-0.39, 0.29) is 5.78 Å². The summed E-state index contributed by atoms with van der Waals surface area (Å²) in [6.07, 6.45) is 6.98. The quantitative estimate of drug-likeness (QED) is 0.716. The molecule has 1 aliphatic heterocycles. The smallest absolute Gasteiger partial charge is 0.164 e. The van der Waals surface area contributed by atoms with Crippen molar-refractivity contribution in [3.05, 3.63) is 34.9 Å².